The van der Waals surface area contributed by atoms with Gasteiger partial charge in [-0.1, -0.05) is 97.9 Å². The number of nitrogens with zero attached hydrogens (tertiary/aromatic N) is 2. The van der Waals surface area contributed by atoms with Crippen LogP contribution in [0.15, 0.2) is 97.2 Å². The van der Waals surface area contributed by atoms with E-state index in [2.05, 4.69) is 15.6 Å². The summed E-state index contributed by atoms with van der Waals surface area (Å²) in [6.07, 6.45) is 2.19. The molecule has 1 atom stereocenters. The Bertz CT molecular complexity index is 1570. The summed E-state index contributed by atoms with van der Waals surface area (Å²) in [4.78, 5) is 55.1. The Hall–Kier alpha value is -5.03. The number of carbonyl (C=O) groups is 4. The van der Waals surface area contributed by atoms with Gasteiger partial charge in [0.15, 0.2) is 5.13 Å². The van der Waals surface area contributed by atoms with Crippen molar-refractivity contribution < 1.29 is 28.7 Å². The lowest BCUT2D eigenvalue weighted by Crippen LogP contribution is -2.62. The van der Waals surface area contributed by atoms with E-state index in [1.807, 2.05) is 119 Å². The standard InChI is InChI=1S/C25H22N2O4.C10H16N2O2S/c28-22-16-21(24(29)31-17-18-10-4-1-5-11-18)27(22)25(30)26-23(19-12-6-2-7-13-19)20-14-8-3-9-15-20;1-5-7-6-11-8(15-7)12-9(13)14-10(2,3)4/h1-15,21,23H,16-17H2,(H,26,30);6H,5H2,1-4H3,(H,11,12,13)/t21-;/m0./s1. The average molecular weight is 643 g/mol. The molecule has 2 heterocycles. The maximum atomic E-state index is 13.0. The molecular weight excluding hydrogens is 604 g/mol. The molecular formula is C35H38N4O6S. The maximum Gasteiger partial charge on any atom is 0.413 e. The number of likely N-dealkylation sites (tertiary alicyclic amines) is 1. The van der Waals surface area contributed by atoms with Crippen LogP contribution in [0, 0.1) is 0 Å². The Labute approximate surface area is 272 Å². The van der Waals surface area contributed by atoms with E-state index in [4.69, 9.17) is 9.47 Å². The lowest BCUT2D eigenvalue weighted by atomic mass is 9.98. The number of imide groups is 1. The molecule has 1 fully saturated rings. The predicted octanol–water partition coefficient (Wildman–Crippen LogP) is 6.88. The van der Waals surface area contributed by atoms with Crippen molar-refractivity contribution >= 4 is 40.5 Å². The van der Waals surface area contributed by atoms with Crippen LogP contribution in [0.1, 0.15) is 61.7 Å². The van der Waals surface area contributed by atoms with Crippen molar-refractivity contribution in [3.63, 3.8) is 0 Å². The molecule has 0 spiro atoms. The van der Waals surface area contributed by atoms with Gasteiger partial charge in [-0.25, -0.2) is 24.3 Å². The molecule has 0 bridgehead atoms. The highest BCUT2D eigenvalue weighted by Gasteiger charge is 2.47. The summed E-state index contributed by atoms with van der Waals surface area (Å²) in [7, 11) is 0. The molecule has 1 aliphatic rings. The third kappa shape index (κ3) is 9.73. The number of amides is 4. The fraction of sp³-hybridized carbons (Fsp3) is 0.286. The van der Waals surface area contributed by atoms with E-state index in [9.17, 15) is 19.2 Å². The first-order chi connectivity index (χ1) is 22.0. The number of nitrogens with one attached hydrogen (secondary N) is 2. The molecule has 240 valence electrons. The number of urea groups is 1. The minimum absolute atomic E-state index is 0.0393. The molecule has 0 saturated carbocycles. The fourth-order valence-electron chi connectivity index (χ4n) is 4.45. The summed E-state index contributed by atoms with van der Waals surface area (Å²) in [5, 5.41) is 6.08. The Morgan fingerprint density at radius 1 is 0.935 bits per heavy atom. The van der Waals surface area contributed by atoms with Gasteiger partial charge >= 0.3 is 18.1 Å². The number of aryl methyl sites for hydroxylation is 1. The number of carbonyl (C=O) groups excluding carboxylic acids is 4. The van der Waals surface area contributed by atoms with E-state index in [0.29, 0.717) is 5.13 Å². The molecule has 1 aromatic heterocycles. The highest BCUT2D eigenvalue weighted by atomic mass is 32.1. The van der Waals surface area contributed by atoms with Gasteiger partial charge in [0.25, 0.3) is 0 Å². The maximum absolute atomic E-state index is 13.0. The number of hydrogen-bond donors (Lipinski definition) is 2. The van der Waals surface area contributed by atoms with Crippen LogP contribution < -0.4 is 10.6 Å². The number of ether oxygens (including phenoxy) is 2. The zero-order chi connectivity index (χ0) is 33.1. The van der Waals surface area contributed by atoms with Crippen LogP contribution in [0.4, 0.5) is 14.7 Å². The van der Waals surface area contributed by atoms with Crippen LogP contribution >= 0.6 is 11.3 Å². The SMILES string of the molecule is CCc1cnc(NC(=O)OC(C)(C)C)s1.O=C(OCc1ccccc1)[C@@H]1CC(=O)N1C(=O)NC(c1ccccc1)c1ccccc1. The lowest BCUT2D eigenvalue weighted by Gasteiger charge is -2.37. The molecule has 46 heavy (non-hydrogen) atoms. The van der Waals surface area contributed by atoms with Crippen LogP contribution in [0.25, 0.3) is 0 Å². The zero-order valence-corrected chi connectivity index (χ0v) is 27.1. The first-order valence-electron chi connectivity index (χ1n) is 14.9. The molecule has 4 aromatic rings. The first-order valence-corrected chi connectivity index (χ1v) is 15.7. The molecule has 10 nitrogen and oxygen atoms in total. The molecule has 2 N–H and O–H groups in total. The van der Waals surface area contributed by atoms with E-state index in [-0.39, 0.29) is 13.0 Å². The van der Waals surface area contributed by atoms with E-state index >= 15 is 0 Å². The van der Waals surface area contributed by atoms with Crippen molar-refractivity contribution in [1.29, 1.82) is 0 Å². The molecule has 0 unspecified atom stereocenters. The van der Waals surface area contributed by atoms with Crippen molar-refractivity contribution in [2.45, 2.75) is 64.8 Å². The Morgan fingerprint density at radius 3 is 2.00 bits per heavy atom. The second-order valence-electron chi connectivity index (χ2n) is 11.4. The average Bonchev–Trinajstić information content (AvgIpc) is 3.49. The van der Waals surface area contributed by atoms with Crippen molar-refractivity contribution in [1.82, 2.24) is 15.2 Å². The van der Waals surface area contributed by atoms with Crippen LogP contribution in [0.3, 0.4) is 0 Å². The number of rotatable bonds is 8. The van der Waals surface area contributed by atoms with Gasteiger partial charge in [-0.2, -0.15) is 0 Å². The number of anilines is 1. The number of hydrogen-bond acceptors (Lipinski definition) is 8. The van der Waals surface area contributed by atoms with Crippen LogP contribution in [0.5, 0.6) is 0 Å². The summed E-state index contributed by atoms with van der Waals surface area (Å²) < 4.78 is 10.4. The number of benzene rings is 3. The van der Waals surface area contributed by atoms with Gasteiger partial charge in [-0.3, -0.25) is 10.1 Å². The second kappa shape index (κ2) is 15.8. The molecule has 1 aliphatic heterocycles. The third-order valence-electron chi connectivity index (χ3n) is 6.71. The topological polar surface area (TPSA) is 127 Å². The van der Waals surface area contributed by atoms with Crippen molar-refractivity contribution in [2.24, 2.45) is 0 Å². The summed E-state index contributed by atoms with van der Waals surface area (Å²) in [5.41, 5.74) is 2.11. The monoisotopic (exact) mass is 642 g/mol. The molecule has 11 heteroatoms. The number of esters is 1. The van der Waals surface area contributed by atoms with E-state index in [1.165, 1.54) is 11.3 Å². The van der Waals surface area contributed by atoms with Gasteiger partial charge < -0.3 is 14.8 Å². The minimum Gasteiger partial charge on any atom is -0.459 e. The van der Waals surface area contributed by atoms with E-state index in [1.54, 1.807) is 6.20 Å². The Morgan fingerprint density at radius 2 is 1.50 bits per heavy atom. The molecule has 3 aromatic carbocycles. The third-order valence-corrected chi connectivity index (χ3v) is 7.76. The number of thiazole rings is 1. The highest BCUT2D eigenvalue weighted by Crippen LogP contribution is 2.26. The van der Waals surface area contributed by atoms with Crippen molar-refractivity contribution in [3.8, 4) is 0 Å². The van der Waals surface area contributed by atoms with Gasteiger partial charge in [0, 0.05) is 11.1 Å². The smallest absolute Gasteiger partial charge is 0.413 e. The van der Waals surface area contributed by atoms with Crippen molar-refractivity contribution in [2.75, 3.05) is 5.32 Å². The molecule has 5 rings (SSSR count). The fourth-order valence-corrected chi connectivity index (χ4v) is 5.19. The molecule has 4 amide bonds. The quantitative estimate of drug-likeness (QED) is 0.158. The largest absolute Gasteiger partial charge is 0.459 e. The summed E-state index contributed by atoms with van der Waals surface area (Å²) in [6.45, 7) is 7.62. The highest BCUT2D eigenvalue weighted by molar-refractivity contribution is 7.15. The van der Waals surface area contributed by atoms with Crippen LogP contribution in [-0.4, -0.2) is 45.5 Å². The summed E-state index contributed by atoms with van der Waals surface area (Å²) >= 11 is 1.46. The lowest BCUT2D eigenvalue weighted by molar-refractivity contribution is -0.163. The Balaban J connectivity index is 0.000000270. The van der Waals surface area contributed by atoms with Gasteiger partial charge in [-0.05, 0) is 43.9 Å². The van der Waals surface area contributed by atoms with Gasteiger partial charge in [0.05, 0.1) is 12.5 Å². The molecule has 1 saturated heterocycles. The minimum atomic E-state index is -0.914. The molecule has 0 aliphatic carbocycles. The van der Waals surface area contributed by atoms with E-state index < -0.39 is 41.7 Å². The van der Waals surface area contributed by atoms with E-state index in [0.717, 1.165) is 32.9 Å². The van der Waals surface area contributed by atoms with Crippen molar-refractivity contribution in [3.05, 3.63) is 119 Å². The first kappa shape index (κ1) is 33.9. The van der Waals surface area contributed by atoms with Crippen LogP contribution in [-0.2, 0) is 32.1 Å². The number of β-lactam (4-membered cyclic amide) rings is 1. The zero-order valence-electron chi connectivity index (χ0n) is 26.3. The number of aromatic nitrogens is 1. The van der Waals surface area contributed by atoms with Crippen LogP contribution in [0.2, 0.25) is 0 Å². The van der Waals surface area contributed by atoms with Gasteiger partial charge in [-0.15, -0.1) is 11.3 Å². The second-order valence-corrected chi connectivity index (χ2v) is 12.5. The summed E-state index contributed by atoms with van der Waals surface area (Å²) in [6, 6.07) is 26.2. The Kier molecular flexibility index (Phi) is 11.6. The van der Waals surface area contributed by atoms with Gasteiger partial charge in [0.1, 0.15) is 18.2 Å². The normalized spacial score (nSPS) is 14.0. The summed E-state index contributed by atoms with van der Waals surface area (Å²) in [5.74, 6) is -0.992. The van der Waals surface area contributed by atoms with Gasteiger partial charge in [0.2, 0.25) is 5.91 Å². The predicted molar refractivity (Wildman–Crippen MR) is 176 cm³/mol. The molecule has 0 radical (unpaired) electrons.